The van der Waals surface area contributed by atoms with Gasteiger partial charge in [-0.15, -0.1) is 0 Å². The Hall–Kier alpha value is -2.35. The van der Waals surface area contributed by atoms with Crippen LogP contribution in [-0.2, 0) is 0 Å². The van der Waals surface area contributed by atoms with E-state index in [1.54, 1.807) is 18.3 Å². The molecular formula is C12H12F2N4O2. The number of alkyl halides is 2. The largest absolute Gasteiger partial charge is 0.355 e. The molecule has 0 radical (unpaired) electrons. The Morgan fingerprint density at radius 2 is 2.30 bits per heavy atom. The number of carbonyl (C=O) groups excluding carboxylic acids is 1. The maximum absolute atomic E-state index is 12.9. The van der Waals surface area contributed by atoms with Crippen LogP contribution in [0.3, 0.4) is 0 Å². The summed E-state index contributed by atoms with van der Waals surface area (Å²) in [6.45, 7) is -1.69. The van der Waals surface area contributed by atoms with Gasteiger partial charge in [-0.05, 0) is 12.1 Å². The normalized spacial score (nSPS) is 11.3. The van der Waals surface area contributed by atoms with Crippen LogP contribution in [0.15, 0.2) is 35.1 Å². The molecule has 2 aromatic rings. The number of nitrogens with two attached hydrogens (primary N) is 1. The van der Waals surface area contributed by atoms with Gasteiger partial charge in [0.05, 0.1) is 13.1 Å². The smallest absolute Gasteiger partial charge is 0.277 e. The molecule has 6 nitrogen and oxygen atoms in total. The number of pyridine rings is 1. The summed E-state index contributed by atoms with van der Waals surface area (Å²) in [7, 11) is 0. The molecule has 0 aromatic carbocycles. The summed E-state index contributed by atoms with van der Waals surface area (Å²) in [5.74, 6) is -3.57. The van der Waals surface area contributed by atoms with Crippen LogP contribution in [0.5, 0.6) is 0 Å². The Morgan fingerprint density at radius 3 is 2.95 bits per heavy atom. The van der Waals surface area contributed by atoms with Crippen LogP contribution >= 0.6 is 0 Å². The molecule has 0 aliphatic heterocycles. The zero-order valence-electron chi connectivity index (χ0n) is 10.3. The number of aromatic nitrogens is 2. The first-order valence-electron chi connectivity index (χ1n) is 5.75. The first-order chi connectivity index (χ1) is 9.52. The highest BCUT2D eigenvalue weighted by Gasteiger charge is 2.28. The fourth-order valence-corrected chi connectivity index (χ4v) is 1.40. The lowest BCUT2D eigenvalue weighted by molar-refractivity contribution is 0.0117. The van der Waals surface area contributed by atoms with Crippen molar-refractivity contribution in [3.63, 3.8) is 0 Å². The molecule has 0 bridgehead atoms. The minimum Gasteiger partial charge on any atom is -0.355 e. The van der Waals surface area contributed by atoms with Crippen molar-refractivity contribution < 1.29 is 18.1 Å². The molecule has 8 heteroatoms. The molecule has 1 amide bonds. The zero-order chi connectivity index (χ0) is 14.6. The number of carbonyl (C=O) groups is 1. The lowest BCUT2D eigenvalue weighted by Crippen LogP contribution is -2.41. The number of hydrogen-bond acceptors (Lipinski definition) is 5. The van der Waals surface area contributed by atoms with Crippen molar-refractivity contribution in [3.05, 3.63) is 36.3 Å². The van der Waals surface area contributed by atoms with Crippen LogP contribution in [0.1, 0.15) is 10.5 Å². The monoisotopic (exact) mass is 282 g/mol. The second-order valence-corrected chi connectivity index (χ2v) is 4.06. The molecule has 0 unspecified atom stereocenters. The number of nitrogens with zero attached hydrogens (tertiary/aromatic N) is 2. The Bertz CT molecular complexity index is 586. The van der Waals surface area contributed by atoms with Gasteiger partial charge < -0.3 is 15.6 Å². The molecule has 20 heavy (non-hydrogen) atoms. The summed E-state index contributed by atoms with van der Waals surface area (Å²) in [5.41, 5.74) is 5.41. The van der Waals surface area contributed by atoms with Gasteiger partial charge in [-0.3, -0.25) is 9.78 Å². The van der Waals surface area contributed by atoms with E-state index in [0.717, 1.165) is 0 Å². The highest BCUT2D eigenvalue weighted by atomic mass is 19.3. The topological polar surface area (TPSA) is 94.0 Å². The van der Waals surface area contributed by atoms with Crippen LogP contribution in [0.4, 0.5) is 8.78 Å². The van der Waals surface area contributed by atoms with E-state index in [4.69, 9.17) is 10.3 Å². The molecule has 0 saturated carbocycles. The number of amides is 1. The van der Waals surface area contributed by atoms with Crippen molar-refractivity contribution in [1.82, 2.24) is 15.5 Å². The van der Waals surface area contributed by atoms with E-state index in [1.807, 2.05) is 5.32 Å². The first-order valence-corrected chi connectivity index (χ1v) is 5.75. The minimum absolute atomic E-state index is 0.0864. The van der Waals surface area contributed by atoms with E-state index in [2.05, 4.69) is 10.1 Å². The Labute approximate surface area is 113 Å². The number of hydrogen-bond donors (Lipinski definition) is 2. The molecule has 3 N–H and O–H groups in total. The third-order valence-corrected chi connectivity index (χ3v) is 2.50. The van der Waals surface area contributed by atoms with Crippen molar-refractivity contribution in [1.29, 1.82) is 0 Å². The fourth-order valence-electron chi connectivity index (χ4n) is 1.40. The standard InChI is InChI=1S/C12H12F2N4O2/c13-12(14,6-15)7-17-11(19)9-4-10(20-18-9)8-2-1-3-16-5-8/h1-5H,6-7,15H2,(H,17,19). The van der Waals surface area contributed by atoms with E-state index in [-0.39, 0.29) is 5.69 Å². The van der Waals surface area contributed by atoms with Crippen molar-refractivity contribution in [2.24, 2.45) is 5.73 Å². The van der Waals surface area contributed by atoms with Crippen LogP contribution in [0.2, 0.25) is 0 Å². The molecule has 2 heterocycles. The van der Waals surface area contributed by atoms with Gasteiger partial charge in [-0.25, -0.2) is 8.78 Å². The Balaban J connectivity index is 2.04. The molecule has 0 fully saturated rings. The second-order valence-electron chi connectivity index (χ2n) is 4.06. The highest BCUT2D eigenvalue weighted by molar-refractivity contribution is 5.93. The lowest BCUT2D eigenvalue weighted by Gasteiger charge is -2.13. The summed E-state index contributed by atoms with van der Waals surface area (Å²) in [6.07, 6.45) is 3.12. The quantitative estimate of drug-likeness (QED) is 0.855. The van der Waals surface area contributed by atoms with Crippen LogP contribution in [0, 0.1) is 0 Å². The van der Waals surface area contributed by atoms with Gasteiger partial charge in [0.25, 0.3) is 11.8 Å². The summed E-state index contributed by atoms with van der Waals surface area (Å²) in [4.78, 5) is 15.5. The molecule has 2 aromatic heterocycles. The molecular weight excluding hydrogens is 270 g/mol. The Morgan fingerprint density at radius 1 is 1.50 bits per heavy atom. The maximum atomic E-state index is 12.9. The molecule has 106 valence electrons. The predicted molar refractivity (Wildman–Crippen MR) is 66.1 cm³/mol. The SMILES string of the molecule is NCC(F)(F)CNC(=O)c1cc(-c2cccnc2)on1. The van der Waals surface area contributed by atoms with Crippen molar-refractivity contribution >= 4 is 5.91 Å². The van der Waals surface area contributed by atoms with Gasteiger partial charge in [-0.2, -0.15) is 0 Å². The molecule has 0 spiro atoms. The van der Waals surface area contributed by atoms with Gasteiger partial charge >= 0.3 is 0 Å². The van der Waals surface area contributed by atoms with E-state index in [0.29, 0.717) is 11.3 Å². The maximum Gasteiger partial charge on any atom is 0.277 e. The van der Waals surface area contributed by atoms with Crippen molar-refractivity contribution in [2.75, 3.05) is 13.1 Å². The summed E-state index contributed by atoms with van der Waals surface area (Å²) in [5, 5.41) is 5.58. The van der Waals surface area contributed by atoms with Crippen molar-refractivity contribution in [3.8, 4) is 11.3 Å². The van der Waals surface area contributed by atoms with Crippen LogP contribution in [-0.4, -0.2) is 35.1 Å². The van der Waals surface area contributed by atoms with Gasteiger partial charge in [0.15, 0.2) is 11.5 Å². The fraction of sp³-hybridized carbons (Fsp3) is 0.250. The molecule has 0 atom stereocenters. The summed E-state index contributed by atoms with van der Waals surface area (Å²) >= 11 is 0. The van der Waals surface area contributed by atoms with E-state index < -0.39 is 24.9 Å². The summed E-state index contributed by atoms with van der Waals surface area (Å²) in [6, 6.07) is 4.77. The van der Waals surface area contributed by atoms with Gasteiger partial charge in [0.1, 0.15) is 0 Å². The number of rotatable bonds is 5. The first kappa shape index (κ1) is 14.1. The third kappa shape index (κ3) is 3.35. The van der Waals surface area contributed by atoms with Gasteiger partial charge in [-0.1, -0.05) is 5.16 Å². The van der Waals surface area contributed by atoms with Crippen molar-refractivity contribution in [2.45, 2.75) is 5.92 Å². The van der Waals surface area contributed by atoms with E-state index in [9.17, 15) is 13.6 Å². The zero-order valence-corrected chi connectivity index (χ0v) is 10.3. The predicted octanol–water partition coefficient (Wildman–Crippen LogP) is 1.06. The van der Waals surface area contributed by atoms with Gasteiger partial charge in [0, 0.05) is 24.0 Å². The molecule has 2 rings (SSSR count). The lowest BCUT2D eigenvalue weighted by atomic mass is 10.2. The highest BCUT2D eigenvalue weighted by Crippen LogP contribution is 2.18. The van der Waals surface area contributed by atoms with Crippen LogP contribution in [0.25, 0.3) is 11.3 Å². The Kier molecular flexibility index (Phi) is 4.04. The average Bonchev–Trinajstić information content (AvgIpc) is 2.96. The van der Waals surface area contributed by atoms with Crippen LogP contribution < -0.4 is 11.1 Å². The molecule has 0 aliphatic rings. The molecule has 0 aliphatic carbocycles. The summed E-state index contributed by atoms with van der Waals surface area (Å²) < 4.78 is 30.8. The third-order valence-electron chi connectivity index (χ3n) is 2.50. The van der Waals surface area contributed by atoms with E-state index >= 15 is 0 Å². The second kappa shape index (κ2) is 5.74. The number of halogens is 2. The minimum atomic E-state index is -3.15. The van der Waals surface area contributed by atoms with E-state index in [1.165, 1.54) is 12.3 Å². The van der Waals surface area contributed by atoms with Gasteiger partial charge in [0.2, 0.25) is 0 Å². The molecule has 0 saturated heterocycles. The number of nitrogens with one attached hydrogen (secondary N) is 1. The average molecular weight is 282 g/mol.